The Morgan fingerprint density at radius 3 is 2.25 bits per heavy atom. The van der Waals surface area contributed by atoms with Crippen LogP contribution in [0.2, 0.25) is 5.02 Å². The Morgan fingerprint density at radius 2 is 1.72 bits per heavy atom. The number of nitrogens with one attached hydrogen (secondary N) is 1. The van der Waals surface area contributed by atoms with E-state index in [2.05, 4.69) is 19.2 Å². The lowest BCUT2D eigenvalue weighted by Gasteiger charge is -2.46. The number of sulfonamides is 1. The lowest BCUT2D eigenvalue weighted by molar-refractivity contribution is -0.133. The number of rotatable bonds is 6. The van der Waals surface area contributed by atoms with Gasteiger partial charge in [-0.15, -0.1) is 0 Å². The minimum atomic E-state index is -3.67. The highest BCUT2D eigenvalue weighted by atomic mass is 35.5. The number of hydrogen-bond donors (Lipinski definition) is 1. The van der Waals surface area contributed by atoms with Crippen LogP contribution in [0.25, 0.3) is 0 Å². The van der Waals surface area contributed by atoms with Crippen molar-refractivity contribution in [2.75, 3.05) is 24.2 Å². The van der Waals surface area contributed by atoms with Crippen LogP contribution < -0.4 is 10.2 Å². The van der Waals surface area contributed by atoms with Crippen molar-refractivity contribution in [3.05, 3.63) is 64.7 Å². The minimum Gasteiger partial charge on any atom is -0.350 e. The van der Waals surface area contributed by atoms with Gasteiger partial charge < -0.3 is 5.32 Å². The summed E-state index contributed by atoms with van der Waals surface area (Å²) in [5, 5.41) is 3.44. The molecule has 1 aliphatic heterocycles. The van der Waals surface area contributed by atoms with Gasteiger partial charge in [-0.2, -0.15) is 4.31 Å². The van der Waals surface area contributed by atoms with E-state index in [9.17, 15) is 18.0 Å². The van der Waals surface area contributed by atoms with Crippen LogP contribution in [0.5, 0.6) is 0 Å². The molecule has 0 aromatic heterocycles. The molecule has 1 saturated heterocycles. The topological polar surface area (TPSA) is 86.8 Å². The molecule has 0 saturated carbocycles. The first-order chi connectivity index (χ1) is 14.9. The fraction of sp³-hybridized carbons (Fsp3) is 0.391. The normalized spacial score (nSPS) is 19.9. The molecule has 0 unspecified atom stereocenters. The van der Waals surface area contributed by atoms with Crippen LogP contribution >= 0.6 is 11.6 Å². The number of benzene rings is 2. The van der Waals surface area contributed by atoms with Crippen molar-refractivity contribution in [2.45, 2.75) is 38.8 Å². The van der Waals surface area contributed by atoms with Crippen molar-refractivity contribution < 1.29 is 18.0 Å². The zero-order valence-electron chi connectivity index (χ0n) is 18.6. The van der Waals surface area contributed by atoms with Gasteiger partial charge in [0.05, 0.1) is 12.8 Å². The molecule has 9 heteroatoms. The molecule has 172 valence electrons. The molecule has 2 aromatic rings. The van der Waals surface area contributed by atoms with Crippen molar-refractivity contribution in [3.8, 4) is 0 Å². The Bertz CT molecular complexity index is 1100. The third-order valence-electron chi connectivity index (χ3n) is 5.68. The van der Waals surface area contributed by atoms with Crippen LogP contribution in [-0.2, 0) is 26.2 Å². The van der Waals surface area contributed by atoms with Gasteiger partial charge in [0, 0.05) is 23.8 Å². The number of carbonyl (C=O) groups excluding carboxylic acids is 2. The van der Waals surface area contributed by atoms with Gasteiger partial charge in [-0.1, -0.05) is 49.7 Å². The molecule has 7 nitrogen and oxygen atoms in total. The van der Waals surface area contributed by atoms with Crippen LogP contribution in [0.15, 0.2) is 48.5 Å². The van der Waals surface area contributed by atoms with E-state index in [4.69, 9.17) is 11.6 Å². The first-order valence-electron chi connectivity index (χ1n) is 10.3. The number of hydrogen-bond acceptors (Lipinski definition) is 4. The molecule has 1 atom stereocenters. The van der Waals surface area contributed by atoms with Gasteiger partial charge >= 0.3 is 0 Å². The summed E-state index contributed by atoms with van der Waals surface area (Å²) in [7, 11) is -3.67. The number of carbonyl (C=O) groups is 2. The van der Waals surface area contributed by atoms with Gasteiger partial charge in [0.2, 0.25) is 21.8 Å². The molecule has 1 heterocycles. The molecule has 1 fully saturated rings. The van der Waals surface area contributed by atoms with E-state index in [0.717, 1.165) is 21.7 Å². The number of halogens is 1. The Kier molecular flexibility index (Phi) is 6.97. The molecule has 2 aromatic carbocycles. The first-order valence-corrected chi connectivity index (χ1v) is 12.6. The first kappa shape index (κ1) is 24.2. The maximum absolute atomic E-state index is 13.4. The second-order valence-corrected chi connectivity index (χ2v) is 11.0. The molecular weight excluding hydrogens is 450 g/mol. The highest BCUT2D eigenvalue weighted by Crippen LogP contribution is 2.31. The molecular formula is C23H28ClN3O4S. The predicted octanol–water partition coefficient (Wildman–Crippen LogP) is 3.15. The summed E-state index contributed by atoms with van der Waals surface area (Å²) in [6.45, 7) is 5.49. The average Bonchev–Trinajstić information content (AvgIpc) is 2.72. The molecule has 0 spiro atoms. The number of anilines is 1. The lowest BCUT2D eigenvalue weighted by Crippen LogP contribution is -2.70. The lowest BCUT2D eigenvalue weighted by atomic mass is 9.93. The zero-order chi connectivity index (χ0) is 23.7. The van der Waals surface area contributed by atoms with Crippen LogP contribution in [-0.4, -0.2) is 49.4 Å². The second-order valence-electron chi connectivity index (χ2n) is 8.59. The van der Waals surface area contributed by atoms with Gasteiger partial charge in [0.1, 0.15) is 5.54 Å². The van der Waals surface area contributed by atoms with Crippen molar-refractivity contribution in [2.24, 2.45) is 0 Å². The van der Waals surface area contributed by atoms with Crippen LogP contribution in [0.3, 0.4) is 0 Å². The Morgan fingerprint density at radius 1 is 1.12 bits per heavy atom. The molecule has 1 N–H and O–H groups in total. The molecule has 2 amide bonds. The monoisotopic (exact) mass is 477 g/mol. The van der Waals surface area contributed by atoms with Crippen LogP contribution in [0.4, 0.5) is 5.69 Å². The molecule has 0 bridgehead atoms. The largest absolute Gasteiger partial charge is 0.350 e. The van der Waals surface area contributed by atoms with Gasteiger partial charge in [0.25, 0.3) is 0 Å². The fourth-order valence-corrected chi connectivity index (χ4v) is 4.74. The highest BCUT2D eigenvalue weighted by molar-refractivity contribution is 7.88. The summed E-state index contributed by atoms with van der Waals surface area (Å²) < 4.78 is 25.5. The van der Waals surface area contributed by atoms with E-state index in [-0.39, 0.29) is 19.6 Å². The van der Waals surface area contributed by atoms with Gasteiger partial charge in [0.15, 0.2) is 0 Å². The predicted molar refractivity (Wildman–Crippen MR) is 126 cm³/mol. The Hall–Kier alpha value is -2.42. The second kappa shape index (κ2) is 9.21. The Balaban J connectivity index is 1.94. The van der Waals surface area contributed by atoms with Crippen LogP contribution in [0, 0.1) is 0 Å². The summed E-state index contributed by atoms with van der Waals surface area (Å²) in [5.74, 6) is -0.582. The highest BCUT2D eigenvalue weighted by Gasteiger charge is 2.50. The summed E-state index contributed by atoms with van der Waals surface area (Å²) in [5.41, 5.74) is 1.06. The number of amides is 2. The summed E-state index contributed by atoms with van der Waals surface area (Å²) >= 11 is 5.92. The quantitative estimate of drug-likeness (QED) is 0.692. The summed E-state index contributed by atoms with van der Waals surface area (Å²) in [6, 6.07) is 14.5. The average molecular weight is 478 g/mol. The SMILES string of the molecule is CC(C)c1ccc(N2C(=O)CN(S(C)(=O)=O)C[C@@]2(C)C(=O)NCc2ccc(Cl)cc2)cc1. The van der Waals surface area contributed by atoms with Crippen molar-refractivity contribution in [1.29, 1.82) is 0 Å². The van der Waals surface area contributed by atoms with E-state index in [1.165, 1.54) is 4.90 Å². The van der Waals surface area contributed by atoms with E-state index in [1.807, 2.05) is 12.1 Å². The van der Waals surface area contributed by atoms with Gasteiger partial charge in [-0.25, -0.2) is 8.42 Å². The maximum Gasteiger partial charge on any atom is 0.247 e. The third kappa shape index (κ3) is 5.14. The number of nitrogens with zero attached hydrogens (tertiary/aromatic N) is 2. The van der Waals surface area contributed by atoms with E-state index < -0.39 is 27.4 Å². The smallest absolute Gasteiger partial charge is 0.247 e. The molecule has 32 heavy (non-hydrogen) atoms. The van der Waals surface area contributed by atoms with Crippen LogP contribution in [0.1, 0.15) is 37.8 Å². The molecule has 3 rings (SSSR count). The van der Waals surface area contributed by atoms with E-state index >= 15 is 0 Å². The van der Waals surface area contributed by atoms with E-state index in [1.54, 1.807) is 43.3 Å². The van der Waals surface area contributed by atoms with Gasteiger partial charge in [-0.05, 0) is 48.2 Å². The van der Waals surface area contributed by atoms with Gasteiger partial charge in [-0.3, -0.25) is 14.5 Å². The third-order valence-corrected chi connectivity index (χ3v) is 7.13. The van der Waals surface area contributed by atoms with Crippen molar-refractivity contribution >= 4 is 39.1 Å². The van der Waals surface area contributed by atoms with Crippen molar-refractivity contribution in [1.82, 2.24) is 9.62 Å². The van der Waals surface area contributed by atoms with Crippen molar-refractivity contribution in [3.63, 3.8) is 0 Å². The molecule has 1 aliphatic rings. The standard InChI is InChI=1S/C23H28ClN3O4S/c1-16(2)18-7-11-20(12-8-18)27-21(28)14-26(32(4,30)31)15-23(27,3)22(29)25-13-17-5-9-19(24)10-6-17/h5-12,16H,13-15H2,1-4H3,(H,25,29)/t23-/m0/s1. The zero-order valence-corrected chi connectivity index (χ0v) is 20.2. The fourth-order valence-electron chi connectivity index (χ4n) is 3.79. The van der Waals surface area contributed by atoms with E-state index in [0.29, 0.717) is 16.6 Å². The Labute approximate surface area is 194 Å². The summed E-state index contributed by atoms with van der Waals surface area (Å²) in [6.07, 6.45) is 1.04. The summed E-state index contributed by atoms with van der Waals surface area (Å²) in [4.78, 5) is 27.9. The minimum absolute atomic E-state index is 0.143. The molecule has 0 aliphatic carbocycles. The number of piperazine rings is 1. The molecule has 0 radical (unpaired) electrons. The maximum atomic E-state index is 13.4.